The third-order valence-electron chi connectivity index (χ3n) is 3.64. The first-order chi connectivity index (χ1) is 9.88. The highest BCUT2D eigenvalue weighted by molar-refractivity contribution is 5.75. The molecular formula is C14H25N3O4. The molecule has 0 bridgehead atoms. The van der Waals surface area contributed by atoms with Crippen LogP contribution in [0.15, 0.2) is 0 Å². The summed E-state index contributed by atoms with van der Waals surface area (Å²) in [6.45, 7) is 5.15. The van der Waals surface area contributed by atoms with Gasteiger partial charge in [-0.3, -0.25) is 9.59 Å². The van der Waals surface area contributed by atoms with Crippen LogP contribution in [-0.2, 0) is 9.59 Å². The molecule has 0 aromatic carbocycles. The molecule has 7 heteroatoms. The number of likely N-dealkylation sites (tertiary alicyclic amines) is 1. The summed E-state index contributed by atoms with van der Waals surface area (Å²) in [5, 5.41) is 14.3. The van der Waals surface area contributed by atoms with Gasteiger partial charge in [0.2, 0.25) is 5.91 Å². The summed E-state index contributed by atoms with van der Waals surface area (Å²) < 4.78 is 0. The maximum Gasteiger partial charge on any atom is 0.317 e. The second-order valence-electron chi connectivity index (χ2n) is 5.69. The van der Waals surface area contributed by atoms with Crippen molar-refractivity contribution in [2.24, 2.45) is 5.92 Å². The zero-order valence-corrected chi connectivity index (χ0v) is 12.7. The van der Waals surface area contributed by atoms with Crippen LogP contribution in [0.5, 0.6) is 0 Å². The molecular weight excluding hydrogens is 274 g/mol. The van der Waals surface area contributed by atoms with E-state index >= 15 is 0 Å². The van der Waals surface area contributed by atoms with Crippen LogP contribution in [0.2, 0.25) is 0 Å². The summed E-state index contributed by atoms with van der Waals surface area (Å²) in [5.41, 5.74) is 0. The lowest BCUT2D eigenvalue weighted by molar-refractivity contribution is -0.137. The van der Waals surface area contributed by atoms with E-state index in [1.165, 1.54) is 6.92 Å². The molecule has 1 rings (SSSR count). The SMILES string of the molecule is CC(=O)NC1CCN(C(=O)NCC(C)CCC(=O)O)CC1. The van der Waals surface area contributed by atoms with Crippen molar-refractivity contribution >= 4 is 17.9 Å². The minimum Gasteiger partial charge on any atom is -0.481 e. The third kappa shape index (κ3) is 6.97. The number of piperidine rings is 1. The van der Waals surface area contributed by atoms with Gasteiger partial charge < -0.3 is 20.6 Å². The molecule has 3 amide bonds. The third-order valence-corrected chi connectivity index (χ3v) is 3.64. The fraction of sp³-hybridized carbons (Fsp3) is 0.786. The van der Waals surface area contributed by atoms with E-state index in [-0.39, 0.29) is 30.3 Å². The Morgan fingerprint density at radius 3 is 2.43 bits per heavy atom. The van der Waals surface area contributed by atoms with Crippen LogP contribution in [0.4, 0.5) is 4.79 Å². The molecule has 0 radical (unpaired) electrons. The molecule has 0 saturated carbocycles. The first kappa shape index (κ1) is 17.3. The Bertz CT molecular complexity index is 378. The van der Waals surface area contributed by atoms with Gasteiger partial charge in [0.05, 0.1) is 0 Å². The first-order valence-corrected chi connectivity index (χ1v) is 7.40. The van der Waals surface area contributed by atoms with Gasteiger partial charge in [-0.15, -0.1) is 0 Å². The monoisotopic (exact) mass is 299 g/mol. The number of rotatable bonds is 6. The van der Waals surface area contributed by atoms with Crippen molar-refractivity contribution in [3.63, 3.8) is 0 Å². The Kier molecular flexibility index (Phi) is 6.98. The van der Waals surface area contributed by atoms with Crippen molar-refractivity contribution in [3.05, 3.63) is 0 Å². The zero-order valence-electron chi connectivity index (χ0n) is 12.7. The highest BCUT2D eigenvalue weighted by Crippen LogP contribution is 2.11. The lowest BCUT2D eigenvalue weighted by atomic mass is 10.0. The smallest absolute Gasteiger partial charge is 0.317 e. The summed E-state index contributed by atoms with van der Waals surface area (Å²) in [7, 11) is 0. The Morgan fingerprint density at radius 1 is 1.29 bits per heavy atom. The van der Waals surface area contributed by atoms with Crippen molar-refractivity contribution in [2.45, 2.75) is 45.6 Å². The highest BCUT2D eigenvalue weighted by Gasteiger charge is 2.23. The lowest BCUT2D eigenvalue weighted by Gasteiger charge is -2.32. The van der Waals surface area contributed by atoms with E-state index in [4.69, 9.17) is 5.11 Å². The van der Waals surface area contributed by atoms with E-state index in [0.717, 1.165) is 12.8 Å². The number of hydrogen-bond acceptors (Lipinski definition) is 3. The number of nitrogens with zero attached hydrogens (tertiary/aromatic N) is 1. The molecule has 3 N–H and O–H groups in total. The van der Waals surface area contributed by atoms with Gasteiger partial charge in [0.25, 0.3) is 0 Å². The van der Waals surface area contributed by atoms with Crippen molar-refractivity contribution < 1.29 is 19.5 Å². The van der Waals surface area contributed by atoms with Gasteiger partial charge in [-0.1, -0.05) is 6.92 Å². The molecule has 1 aliphatic heterocycles. The van der Waals surface area contributed by atoms with Crippen LogP contribution in [0.25, 0.3) is 0 Å². The molecule has 1 fully saturated rings. The summed E-state index contributed by atoms with van der Waals surface area (Å²) >= 11 is 0. The average Bonchev–Trinajstić information content (AvgIpc) is 2.42. The number of aliphatic carboxylic acids is 1. The largest absolute Gasteiger partial charge is 0.481 e. The molecule has 7 nitrogen and oxygen atoms in total. The molecule has 0 aromatic rings. The van der Waals surface area contributed by atoms with Gasteiger partial charge in [0.15, 0.2) is 0 Å². The van der Waals surface area contributed by atoms with Crippen LogP contribution in [-0.4, -0.2) is 53.6 Å². The summed E-state index contributed by atoms with van der Waals surface area (Å²) in [6, 6.07) is 0.0412. The highest BCUT2D eigenvalue weighted by atomic mass is 16.4. The van der Waals surface area contributed by atoms with E-state index in [1.807, 2.05) is 6.92 Å². The number of carbonyl (C=O) groups is 3. The number of carboxylic acid groups (broad SMARTS) is 1. The van der Waals surface area contributed by atoms with E-state index in [9.17, 15) is 14.4 Å². The van der Waals surface area contributed by atoms with E-state index in [0.29, 0.717) is 26.1 Å². The van der Waals surface area contributed by atoms with E-state index < -0.39 is 5.97 Å². The molecule has 0 aromatic heterocycles. The van der Waals surface area contributed by atoms with Crippen LogP contribution in [0, 0.1) is 5.92 Å². The van der Waals surface area contributed by atoms with Gasteiger partial charge in [0.1, 0.15) is 0 Å². The molecule has 1 heterocycles. The normalized spacial score (nSPS) is 17.1. The Hall–Kier alpha value is -1.79. The standard InChI is InChI=1S/C14H25N3O4/c1-10(3-4-13(19)20)9-15-14(21)17-7-5-12(6-8-17)16-11(2)18/h10,12H,3-9H2,1-2H3,(H,15,21)(H,16,18)(H,19,20). The van der Waals surface area contributed by atoms with Crippen molar-refractivity contribution in [2.75, 3.05) is 19.6 Å². The van der Waals surface area contributed by atoms with E-state index in [2.05, 4.69) is 10.6 Å². The molecule has 0 aliphatic carbocycles. The fourth-order valence-electron chi connectivity index (χ4n) is 2.36. The Morgan fingerprint density at radius 2 is 1.90 bits per heavy atom. The van der Waals surface area contributed by atoms with Gasteiger partial charge in [-0.25, -0.2) is 4.79 Å². The topological polar surface area (TPSA) is 98.7 Å². The second-order valence-corrected chi connectivity index (χ2v) is 5.69. The number of carboxylic acids is 1. The maximum atomic E-state index is 12.0. The van der Waals surface area contributed by atoms with Crippen molar-refractivity contribution in [3.8, 4) is 0 Å². The zero-order chi connectivity index (χ0) is 15.8. The van der Waals surface area contributed by atoms with Crippen LogP contribution >= 0.6 is 0 Å². The maximum absolute atomic E-state index is 12.0. The van der Waals surface area contributed by atoms with Crippen molar-refractivity contribution in [1.29, 1.82) is 0 Å². The van der Waals surface area contributed by atoms with Crippen LogP contribution < -0.4 is 10.6 Å². The predicted molar refractivity (Wildman–Crippen MR) is 77.8 cm³/mol. The molecule has 120 valence electrons. The molecule has 21 heavy (non-hydrogen) atoms. The van der Waals surface area contributed by atoms with E-state index in [1.54, 1.807) is 4.90 Å². The first-order valence-electron chi connectivity index (χ1n) is 7.40. The molecule has 0 spiro atoms. The van der Waals surface area contributed by atoms with Crippen molar-refractivity contribution in [1.82, 2.24) is 15.5 Å². The average molecular weight is 299 g/mol. The molecule has 1 saturated heterocycles. The number of nitrogens with one attached hydrogen (secondary N) is 2. The molecule has 1 unspecified atom stereocenters. The summed E-state index contributed by atoms with van der Waals surface area (Å²) in [4.78, 5) is 35.2. The summed E-state index contributed by atoms with van der Waals surface area (Å²) in [5.74, 6) is -0.708. The van der Waals surface area contributed by atoms with Crippen LogP contribution in [0.3, 0.4) is 0 Å². The Labute approximate surface area is 125 Å². The van der Waals surface area contributed by atoms with Gasteiger partial charge in [0, 0.05) is 39.0 Å². The lowest BCUT2D eigenvalue weighted by Crippen LogP contribution is -2.49. The number of hydrogen-bond donors (Lipinski definition) is 3. The predicted octanol–water partition coefficient (Wildman–Crippen LogP) is 0.797. The Balaban J connectivity index is 2.21. The quantitative estimate of drug-likeness (QED) is 0.675. The number of urea groups is 1. The van der Waals surface area contributed by atoms with Gasteiger partial charge >= 0.3 is 12.0 Å². The minimum atomic E-state index is -0.812. The molecule has 1 atom stereocenters. The van der Waals surface area contributed by atoms with Gasteiger partial charge in [-0.2, -0.15) is 0 Å². The summed E-state index contributed by atoms with van der Waals surface area (Å²) in [6.07, 6.45) is 2.21. The molecule has 1 aliphatic rings. The number of carbonyl (C=O) groups excluding carboxylic acids is 2. The van der Waals surface area contributed by atoms with Crippen LogP contribution in [0.1, 0.15) is 39.5 Å². The minimum absolute atomic E-state index is 0.0369. The number of amides is 3. The fourth-order valence-corrected chi connectivity index (χ4v) is 2.36. The van der Waals surface area contributed by atoms with Gasteiger partial charge in [-0.05, 0) is 25.2 Å². The second kappa shape index (κ2) is 8.49.